The van der Waals surface area contributed by atoms with Gasteiger partial charge in [-0.05, 0) is 38.0 Å². The van der Waals surface area contributed by atoms with Crippen LogP contribution >= 0.6 is 0 Å². The van der Waals surface area contributed by atoms with Crippen molar-refractivity contribution in [3.05, 3.63) is 46.8 Å². The Bertz CT molecular complexity index is 750. The van der Waals surface area contributed by atoms with Crippen molar-refractivity contribution in [3.8, 4) is 5.75 Å². The minimum Gasteiger partial charge on any atom is -0.482 e. The van der Waals surface area contributed by atoms with Gasteiger partial charge in [-0.3, -0.25) is 9.48 Å². The van der Waals surface area contributed by atoms with E-state index in [9.17, 15) is 9.59 Å². The molecule has 2 N–H and O–H groups in total. The van der Waals surface area contributed by atoms with Crippen molar-refractivity contribution in [2.24, 2.45) is 7.05 Å². The normalized spacial score (nSPS) is 10.5. The van der Waals surface area contributed by atoms with Gasteiger partial charge in [-0.2, -0.15) is 5.10 Å². The molecule has 134 valence electrons. The first kappa shape index (κ1) is 18.5. The molecule has 7 heteroatoms. The van der Waals surface area contributed by atoms with Gasteiger partial charge in [-0.15, -0.1) is 0 Å². The third kappa shape index (κ3) is 5.34. The molecule has 25 heavy (non-hydrogen) atoms. The van der Waals surface area contributed by atoms with Gasteiger partial charge >= 0.3 is 5.97 Å². The number of carbonyl (C=O) groups is 2. The molecule has 0 radical (unpaired) electrons. The fourth-order valence-electron chi connectivity index (χ4n) is 2.54. The number of aryl methyl sites for hydroxylation is 2. The van der Waals surface area contributed by atoms with Crippen LogP contribution in [0, 0.1) is 13.8 Å². The number of carboxylic acids is 1. The van der Waals surface area contributed by atoms with Gasteiger partial charge in [0.15, 0.2) is 6.61 Å². The smallest absolute Gasteiger partial charge is 0.341 e. The Morgan fingerprint density at radius 1 is 1.24 bits per heavy atom. The lowest BCUT2D eigenvalue weighted by atomic mass is 10.1. The van der Waals surface area contributed by atoms with E-state index in [0.717, 1.165) is 22.5 Å². The molecule has 7 nitrogen and oxygen atoms in total. The number of hydrogen-bond acceptors (Lipinski definition) is 4. The first-order valence-electron chi connectivity index (χ1n) is 8.06. The third-order valence-corrected chi connectivity index (χ3v) is 4.02. The van der Waals surface area contributed by atoms with Crippen molar-refractivity contribution in [2.75, 3.05) is 13.2 Å². The second kappa shape index (κ2) is 8.32. The van der Waals surface area contributed by atoms with Crippen LogP contribution in [0.5, 0.6) is 5.75 Å². The molecule has 1 aromatic heterocycles. The molecule has 0 aliphatic rings. The molecule has 2 rings (SSSR count). The van der Waals surface area contributed by atoms with E-state index in [1.54, 1.807) is 16.8 Å². The van der Waals surface area contributed by atoms with Crippen molar-refractivity contribution in [1.82, 2.24) is 15.1 Å². The van der Waals surface area contributed by atoms with Crippen molar-refractivity contribution < 1.29 is 19.4 Å². The maximum absolute atomic E-state index is 12.1. The molecule has 1 aromatic carbocycles. The zero-order valence-electron chi connectivity index (χ0n) is 14.7. The quantitative estimate of drug-likeness (QED) is 0.754. The second-order valence-electron chi connectivity index (χ2n) is 5.88. The highest BCUT2D eigenvalue weighted by atomic mass is 16.5. The number of ether oxygens (including phenoxy) is 1. The number of benzene rings is 1. The number of aliphatic carboxylic acids is 1. The maximum Gasteiger partial charge on any atom is 0.341 e. The van der Waals surface area contributed by atoms with E-state index >= 15 is 0 Å². The summed E-state index contributed by atoms with van der Waals surface area (Å²) in [4.78, 5) is 22.5. The van der Waals surface area contributed by atoms with Crippen LogP contribution in [-0.4, -0.2) is 39.9 Å². The monoisotopic (exact) mass is 345 g/mol. The number of hydrogen-bond donors (Lipinski definition) is 2. The molecule has 0 fully saturated rings. The summed E-state index contributed by atoms with van der Waals surface area (Å²) < 4.78 is 6.86. The number of rotatable bonds is 8. The first-order chi connectivity index (χ1) is 11.9. The summed E-state index contributed by atoms with van der Waals surface area (Å²) >= 11 is 0. The molecule has 1 amide bonds. The van der Waals surface area contributed by atoms with E-state index in [1.165, 1.54) is 0 Å². The number of nitrogens with zero attached hydrogens (tertiary/aromatic N) is 2. The minimum absolute atomic E-state index is 0.0272. The van der Waals surface area contributed by atoms with E-state index in [2.05, 4.69) is 10.4 Å². The summed E-state index contributed by atoms with van der Waals surface area (Å²) in [5.41, 5.74) is 3.90. The summed E-state index contributed by atoms with van der Waals surface area (Å²) in [6.07, 6.45) is 1.02. The van der Waals surface area contributed by atoms with Gasteiger partial charge in [0.25, 0.3) is 0 Å². The summed E-state index contributed by atoms with van der Waals surface area (Å²) in [6.45, 7) is 4.04. The molecule has 1 heterocycles. The predicted molar refractivity (Wildman–Crippen MR) is 92.7 cm³/mol. The number of aromatic nitrogens is 2. The molecule has 2 aromatic rings. The zero-order valence-corrected chi connectivity index (χ0v) is 14.7. The fraction of sp³-hybridized carbons (Fsp3) is 0.389. The molecular weight excluding hydrogens is 322 g/mol. The highest BCUT2D eigenvalue weighted by Crippen LogP contribution is 2.13. The maximum atomic E-state index is 12.1. The molecule has 0 unspecified atom stereocenters. The van der Waals surface area contributed by atoms with Gasteiger partial charge < -0.3 is 15.2 Å². The van der Waals surface area contributed by atoms with Crippen LogP contribution in [-0.2, 0) is 29.5 Å². The summed E-state index contributed by atoms with van der Waals surface area (Å²) in [5, 5.41) is 15.8. The van der Waals surface area contributed by atoms with E-state index < -0.39 is 5.97 Å². The molecule has 0 aliphatic carbocycles. The van der Waals surface area contributed by atoms with Crippen molar-refractivity contribution >= 4 is 11.9 Å². The van der Waals surface area contributed by atoms with Crippen LogP contribution in [0.4, 0.5) is 0 Å². The largest absolute Gasteiger partial charge is 0.482 e. The average molecular weight is 345 g/mol. The van der Waals surface area contributed by atoms with E-state index in [0.29, 0.717) is 25.1 Å². The van der Waals surface area contributed by atoms with Crippen molar-refractivity contribution in [3.63, 3.8) is 0 Å². The van der Waals surface area contributed by atoms with Crippen LogP contribution in [0.25, 0.3) is 0 Å². The van der Waals surface area contributed by atoms with Gasteiger partial charge in [-0.1, -0.05) is 12.1 Å². The fourth-order valence-corrected chi connectivity index (χ4v) is 2.54. The molecule has 0 aliphatic heterocycles. The van der Waals surface area contributed by atoms with Crippen LogP contribution < -0.4 is 10.1 Å². The summed E-state index contributed by atoms with van der Waals surface area (Å²) in [6, 6.07) is 7.17. The molecule has 0 bridgehead atoms. The molecule has 0 spiro atoms. The molecule has 0 atom stereocenters. The Balaban J connectivity index is 1.78. The highest BCUT2D eigenvalue weighted by molar-refractivity contribution is 5.79. The van der Waals surface area contributed by atoms with Gasteiger partial charge in [0.05, 0.1) is 12.1 Å². The predicted octanol–water partition coefficient (Wildman–Crippen LogP) is 1.40. The topological polar surface area (TPSA) is 93.5 Å². The lowest BCUT2D eigenvalue weighted by Gasteiger charge is -2.07. The zero-order chi connectivity index (χ0) is 18.4. The SMILES string of the molecule is Cc1nn(C)c(C)c1CC(=O)NCCc1ccc(OCC(=O)O)cc1. The van der Waals surface area contributed by atoms with Gasteiger partial charge in [-0.25, -0.2) is 4.79 Å². The van der Waals surface area contributed by atoms with Gasteiger partial charge in [0.1, 0.15) is 5.75 Å². The summed E-state index contributed by atoms with van der Waals surface area (Å²) in [5.74, 6) is -0.524. The van der Waals surface area contributed by atoms with Gasteiger partial charge in [0, 0.05) is 24.8 Å². The lowest BCUT2D eigenvalue weighted by molar-refractivity contribution is -0.139. The Labute approximate surface area is 146 Å². The molecule has 0 saturated heterocycles. The van der Waals surface area contributed by atoms with Crippen LogP contribution in [0.2, 0.25) is 0 Å². The number of carbonyl (C=O) groups excluding carboxylic acids is 1. The number of nitrogens with one attached hydrogen (secondary N) is 1. The Hall–Kier alpha value is -2.83. The van der Waals surface area contributed by atoms with E-state index in [4.69, 9.17) is 9.84 Å². The minimum atomic E-state index is -1.01. The number of carboxylic acid groups (broad SMARTS) is 1. The van der Waals surface area contributed by atoms with Crippen LogP contribution in [0.3, 0.4) is 0 Å². The van der Waals surface area contributed by atoms with E-state index in [-0.39, 0.29) is 12.5 Å². The Morgan fingerprint density at radius 3 is 2.48 bits per heavy atom. The van der Waals surface area contributed by atoms with Gasteiger partial charge in [0.2, 0.25) is 5.91 Å². The average Bonchev–Trinajstić information content (AvgIpc) is 2.80. The lowest BCUT2D eigenvalue weighted by Crippen LogP contribution is -2.27. The third-order valence-electron chi connectivity index (χ3n) is 4.02. The van der Waals surface area contributed by atoms with Crippen molar-refractivity contribution in [1.29, 1.82) is 0 Å². The first-order valence-corrected chi connectivity index (χ1v) is 8.06. The summed E-state index contributed by atoms with van der Waals surface area (Å²) in [7, 11) is 1.87. The van der Waals surface area contributed by atoms with Crippen LogP contribution in [0.1, 0.15) is 22.5 Å². The van der Waals surface area contributed by atoms with Crippen LogP contribution in [0.15, 0.2) is 24.3 Å². The molecule has 0 saturated carbocycles. The van der Waals surface area contributed by atoms with Crippen molar-refractivity contribution in [2.45, 2.75) is 26.7 Å². The standard InChI is InChI=1S/C18H23N3O4/c1-12-16(13(2)21(3)20-12)10-17(22)19-9-8-14-4-6-15(7-5-14)25-11-18(23)24/h4-7H,8-11H2,1-3H3,(H,19,22)(H,23,24). The van der Waals surface area contributed by atoms with E-state index in [1.807, 2.05) is 33.0 Å². The Kier molecular flexibility index (Phi) is 6.16. The second-order valence-corrected chi connectivity index (χ2v) is 5.88. The number of amides is 1. The molecular formula is C18H23N3O4. The Morgan fingerprint density at radius 2 is 1.92 bits per heavy atom. The highest BCUT2D eigenvalue weighted by Gasteiger charge is 2.13.